The Bertz CT molecular complexity index is 385. The molecule has 2 heterocycles. The van der Waals surface area contributed by atoms with Gasteiger partial charge in [-0.3, -0.25) is 4.98 Å². The van der Waals surface area contributed by atoms with E-state index in [2.05, 4.69) is 10.1 Å². The lowest BCUT2D eigenvalue weighted by Gasteiger charge is -2.05. The van der Waals surface area contributed by atoms with Crippen LogP contribution in [0.2, 0.25) is 0 Å². The molecule has 0 aliphatic rings. The van der Waals surface area contributed by atoms with Gasteiger partial charge in [0.05, 0.1) is 11.4 Å². The number of hydrogen-bond acceptors (Lipinski definition) is 3. The van der Waals surface area contributed by atoms with Crippen LogP contribution in [-0.2, 0) is 6.54 Å². The molecule has 0 aliphatic carbocycles. The van der Waals surface area contributed by atoms with Crippen LogP contribution in [0.3, 0.4) is 0 Å². The van der Waals surface area contributed by atoms with Crippen molar-refractivity contribution in [3.8, 4) is 5.69 Å². The molecule has 0 aromatic carbocycles. The molecule has 4 nitrogen and oxygen atoms in total. The molecule has 2 aromatic rings. The van der Waals surface area contributed by atoms with Gasteiger partial charge in [0, 0.05) is 25.1 Å². The van der Waals surface area contributed by atoms with Crippen molar-refractivity contribution in [1.82, 2.24) is 14.8 Å². The summed E-state index contributed by atoms with van der Waals surface area (Å²) in [5.41, 5.74) is 7.35. The van der Waals surface area contributed by atoms with Crippen molar-refractivity contribution in [2.24, 2.45) is 5.73 Å². The summed E-state index contributed by atoms with van der Waals surface area (Å²) in [7, 11) is 0. The highest BCUT2D eigenvalue weighted by Crippen LogP contribution is 2.09. The van der Waals surface area contributed by atoms with Gasteiger partial charge < -0.3 is 5.73 Å². The second-order valence-corrected chi connectivity index (χ2v) is 2.62. The third-order valence-corrected chi connectivity index (χ3v) is 1.81. The van der Waals surface area contributed by atoms with E-state index < -0.39 is 0 Å². The van der Waals surface area contributed by atoms with E-state index in [-0.39, 0.29) is 12.4 Å². The summed E-state index contributed by atoms with van der Waals surface area (Å²) >= 11 is 0. The van der Waals surface area contributed by atoms with Gasteiger partial charge in [0.1, 0.15) is 0 Å². The topological polar surface area (TPSA) is 56.7 Å². The number of pyridine rings is 1. The van der Waals surface area contributed by atoms with Crippen LogP contribution in [0.1, 0.15) is 5.69 Å². The van der Waals surface area contributed by atoms with Crippen molar-refractivity contribution in [3.63, 3.8) is 0 Å². The Morgan fingerprint density at radius 3 is 2.79 bits per heavy atom. The first-order valence-electron chi connectivity index (χ1n) is 4.06. The van der Waals surface area contributed by atoms with E-state index in [4.69, 9.17) is 5.73 Å². The highest BCUT2D eigenvalue weighted by atomic mass is 35.5. The molecule has 0 saturated carbocycles. The third kappa shape index (κ3) is 1.92. The Morgan fingerprint density at radius 2 is 2.14 bits per heavy atom. The van der Waals surface area contributed by atoms with E-state index in [0.29, 0.717) is 6.54 Å². The third-order valence-electron chi connectivity index (χ3n) is 1.81. The first-order chi connectivity index (χ1) is 6.42. The van der Waals surface area contributed by atoms with Crippen molar-refractivity contribution in [3.05, 3.63) is 42.5 Å². The molecular formula is C9H11ClN4. The first kappa shape index (κ1) is 10.7. The van der Waals surface area contributed by atoms with Crippen molar-refractivity contribution < 1.29 is 0 Å². The van der Waals surface area contributed by atoms with Gasteiger partial charge in [-0.05, 0) is 18.2 Å². The minimum absolute atomic E-state index is 0. The molecule has 0 saturated heterocycles. The van der Waals surface area contributed by atoms with Gasteiger partial charge >= 0.3 is 0 Å². The van der Waals surface area contributed by atoms with Gasteiger partial charge in [-0.25, -0.2) is 4.68 Å². The van der Waals surface area contributed by atoms with E-state index in [0.717, 1.165) is 11.4 Å². The average Bonchev–Trinajstić information content (AvgIpc) is 2.70. The second kappa shape index (κ2) is 4.74. The van der Waals surface area contributed by atoms with Crippen LogP contribution in [0.5, 0.6) is 0 Å². The Morgan fingerprint density at radius 1 is 1.29 bits per heavy atom. The minimum atomic E-state index is 0. The largest absolute Gasteiger partial charge is 0.325 e. The molecule has 0 atom stereocenters. The molecule has 0 spiro atoms. The Hall–Kier alpha value is -1.39. The molecule has 5 heteroatoms. The Kier molecular flexibility index (Phi) is 3.62. The molecule has 0 aliphatic heterocycles. The SMILES string of the molecule is Cl.NCc1ncccc1-n1cccn1. The van der Waals surface area contributed by atoms with E-state index in [1.165, 1.54) is 0 Å². The summed E-state index contributed by atoms with van der Waals surface area (Å²) in [5.74, 6) is 0. The van der Waals surface area contributed by atoms with Crippen molar-refractivity contribution >= 4 is 12.4 Å². The van der Waals surface area contributed by atoms with E-state index in [9.17, 15) is 0 Å². The first-order valence-corrected chi connectivity index (χ1v) is 4.06. The summed E-state index contributed by atoms with van der Waals surface area (Å²) in [6.07, 6.45) is 5.33. The van der Waals surface area contributed by atoms with Gasteiger partial charge in [-0.2, -0.15) is 5.10 Å². The summed E-state index contributed by atoms with van der Waals surface area (Å²) in [6, 6.07) is 5.69. The van der Waals surface area contributed by atoms with E-state index >= 15 is 0 Å². The molecule has 0 amide bonds. The van der Waals surface area contributed by atoms with Gasteiger partial charge in [-0.1, -0.05) is 0 Å². The zero-order valence-electron chi connectivity index (χ0n) is 7.50. The monoisotopic (exact) mass is 210 g/mol. The lowest BCUT2D eigenvalue weighted by molar-refractivity contribution is 0.839. The smallest absolute Gasteiger partial charge is 0.0874 e. The molecule has 2 N–H and O–H groups in total. The Balaban J connectivity index is 0.000000980. The van der Waals surface area contributed by atoms with Crippen LogP contribution in [0.25, 0.3) is 5.69 Å². The maximum atomic E-state index is 5.55. The number of hydrogen-bond donors (Lipinski definition) is 1. The Labute approximate surface area is 88.2 Å². The number of nitrogens with two attached hydrogens (primary N) is 1. The summed E-state index contributed by atoms with van der Waals surface area (Å²) in [5, 5.41) is 4.12. The van der Waals surface area contributed by atoms with Gasteiger partial charge in [0.25, 0.3) is 0 Å². The van der Waals surface area contributed by atoms with Crippen molar-refractivity contribution in [1.29, 1.82) is 0 Å². The number of halogens is 1. The van der Waals surface area contributed by atoms with Gasteiger partial charge in [0.15, 0.2) is 0 Å². The highest BCUT2D eigenvalue weighted by molar-refractivity contribution is 5.85. The zero-order valence-corrected chi connectivity index (χ0v) is 8.31. The predicted octanol–water partition coefficient (Wildman–Crippen LogP) is 1.15. The van der Waals surface area contributed by atoms with Crippen LogP contribution in [0, 0.1) is 0 Å². The standard InChI is InChI=1S/C9H10N4.ClH/c10-7-8-9(3-1-4-11-8)13-6-2-5-12-13;/h1-6H,7,10H2;1H. The van der Waals surface area contributed by atoms with Crippen LogP contribution < -0.4 is 5.73 Å². The normalized spacial score (nSPS) is 9.50. The molecule has 74 valence electrons. The number of rotatable bonds is 2. The van der Waals surface area contributed by atoms with E-state index in [1.807, 2.05) is 24.4 Å². The molecule has 0 unspecified atom stereocenters. The highest BCUT2D eigenvalue weighted by Gasteiger charge is 2.02. The molecule has 0 fully saturated rings. The van der Waals surface area contributed by atoms with Gasteiger partial charge in [0.2, 0.25) is 0 Å². The fraction of sp³-hybridized carbons (Fsp3) is 0.111. The molecule has 2 rings (SSSR count). The quantitative estimate of drug-likeness (QED) is 0.809. The van der Waals surface area contributed by atoms with Crippen LogP contribution >= 0.6 is 12.4 Å². The maximum absolute atomic E-state index is 5.55. The maximum Gasteiger partial charge on any atom is 0.0874 e. The summed E-state index contributed by atoms with van der Waals surface area (Å²) in [4.78, 5) is 4.17. The number of nitrogens with zero attached hydrogens (tertiary/aromatic N) is 3. The van der Waals surface area contributed by atoms with Crippen LogP contribution in [0.15, 0.2) is 36.8 Å². The number of aromatic nitrogens is 3. The van der Waals surface area contributed by atoms with E-state index in [1.54, 1.807) is 17.1 Å². The fourth-order valence-corrected chi connectivity index (χ4v) is 1.21. The predicted molar refractivity (Wildman–Crippen MR) is 56.5 cm³/mol. The van der Waals surface area contributed by atoms with Gasteiger partial charge in [-0.15, -0.1) is 12.4 Å². The summed E-state index contributed by atoms with van der Waals surface area (Å²) in [6.45, 7) is 0.427. The van der Waals surface area contributed by atoms with Crippen LogP contribution in [0.4, 0.5) is 0 Å². The second-order valence-electron chi connectivity index (χ2n) is 2.62. The molecular weight excluding hydrogens is 200 g/mol. The van der Waals surface area contributed by atoms with Crippen LogP contribution in [-0.4, -0.2) is 14.8 Å². The lowest BCUT2D eigenvalue weighted by atomic mass is 10.3. The minimum Gasteiger partial charge on any atom is -0.325 e. The zero-order chi connectivity index (χ0) is 9.10. The molecule has 0 radical (unpaired) electrons. The van der Waals surface area contributed by atoms with Crippen molar-refractivity contribution in [2.45, 2.75) is 6.54 Å². The van der Waals surface area contributed by atoms with Crippen molar-refractivity contribution in [2.75, 3.05) is 0 Å². The lowest BCUT2D eigenvalue weighted by Crippen LogP contribution is -2.06. The summed E-state index contributed by atoms with van der Waals surface area (Å²) < 4.78 is 1.76. The molecule has 14 heavy (non-hydrogen) atoms. The average molecular weight is 211 g/mol. The molecule has 2 aromatic heterocycles. The molecule has 0 bridgehead atoms. The fourth-order valence-electron chi connectivity index (χ4n) is 1.21.